The molecule has 21 heavy (non-hydrogen) atoms. The molecule has 0 unspecified atom stereocenters. The van der Waals surface area contributed by atoms with Crippen LogP contribution in [0, 0.1) is 0 Å². The van der Waals surface area contributed by atoms with Gasteiger partial charge in [0.25, 0.3) is 0 Å². The summed E-state index contributed by atoms with van der Waals surface area (Å²) in [5.41, 5.74) is 2.91. The first-order valence-electron chi connectivity index (χ1n) is 7.21. The lowest BCUT2D eigenvalue weighted by atomic mass is 10.1. The van der Waals surface area contributed by atoms with E-state index in [0.717, 1.165) is 34.4 Å². The van der Waals surface area contributed by atoms with E-state index >= 15 is 0 Å². The molecule has 0 aliphatic carbocycles. The average molecular weight is 353 g/mol. The lowest BCUT2D eigenvalue weighted by molar-refractivity contribution is 0.189. The fraction of sp³-hybridized carbons (Fsp3) is 0.438. The average Bonchev–Trinajstić information content (AvgIpc) is 2.87. The molecule has 0 aliphatic rings. The summed E-state index contributed by atoms with van der Waals surface area (Å²) in [5.74, 6) is 0.696. The van der Waals surface area contributed by atoms with Crippen LogP contribution < -0.4 is 4.74 Å². The van der Waals surface area contributed by atoms with Crippen molar-refractivity contribution in [3.05, 3.63) is 45.7 Å². The number of ether oxygens (including phenoxy) is 1. The van der Waals surface area contributed by atoms with E-state index in [2.05, 4.69) is 40.9 Å². The lowest BCUT2D eigenvalue weighted by Gasteiger charge is -2.14. The number of halogens is 1. The first-order chi connectivity index (χ1) is 10.0. The van der Waals surface area contributed by atoms with Crippen LogP contribution in [0.5, 0.6) is 5.75 Å². The van der Waals surface area contributed by atoms with Gasteiger partial charge in [0, 0.05) is 16.6 Å². The number of rotatable bonds is 6. The van der Waals surface area contributed by atoms with Crippen molar-refractivity contribution in [2.45, 2.75) is 46.4 Å². The third-order valence-electron chi connectivity index (χ3n) is 3.38. The minimum atomic E-state index is -0.560. The number of aliphatic hydroxyl groups is 1. The van der Waals surface area contributed by atoms with Crippen LogP contribution in [0.4, 0.5) is 0 Å². The normalized spacial score (nSPS) is 12.4. The maximum atomic E-state index is 9.82. The second kappa shape index (κ2) is 7.09. The van der Waals surface area contributed by atoms with Crippen LogP contribution in [0.25, 0.3) is 0 Å². The second-order valence-corrected chi connectivity index (χ2v) is 5.86. The number of aryl methyl sites for hydroxylation is 2. The van der Waals surface area contributed by atoms with Crippen LogP contribution in [0.3, 0.4) is 0 Å². The Balaban J connectivity index is 2.19. The SMILES string of the molecule is CCc1cc(COc2cc(Br)ccc2[C@H](C)O)n(CC)n1. The minimum absolute atomic E-state index is 0.441. The fourth-order valence-electron chi connectivity index (χ4n) is 2.21. The standard InChI is InChI=1S/C16H21BrN2O2/c1-4-13-9-14(19(5-2)18-13)10-21-16-8-12(17)6-7-15(16)11(3)20/h6-9,11,20H,4-5,10H2,1-3H3/t11-/m0/s1. The van der Waals surface area contributed by atoms with E-state index in [4.69, 9.17) is 4.74 Å². The van der Waals surface area contributed by atoms with Gasteiger partial charge >= 0.3 is 0 Å². The van der Waals surface area contributed by atoms with Gasteiger partial charge < -0.3 is 9.84 Å². The summed E-state index contributed by atoms with van der Waals surface area (Å²) >= 11 is 3.44. The van der Waals surface area contributed by atoms with E-state index in [0.29, 0.717) is 12.4 Å². The van der Waals surface area contributed by atoms with Crippen molar-refractivity contribution in [1.82, 2.24) is 9.78 Å². The van der Waals surface area contributed by atoms with E-state index in [1.165, 1.54) is 0 Å². The molecular formula is C16H21BrN2O2. The van der Waals surface area contributed by atoms with E-state index in [1.54, 1.807) is 6.92 Å². The molecule has 0 spiro atoms. The van der Waals surface area contributed by atoms with E-state index in [9.17, 15) is 5.11 Å². The molecule has 0 fully saturated rings. The predicted octanol–water partition coefficient (Wildman–Crippen LogP) is 3.86. The molecule has 4 nitrogen and oxygen atoms in total. The van der Waals surface area contributed by atoms with Gasteiger partial charge in [0.05, 0.1) is 17.5 Å². The van der Waals surface area contributed by atoms with Gasteiger partial charge in [-0.05, 0) is 38.5 Å². The smallest absolute Gasteiger partial charge is 0.130 e. The summed E-state index contributed by atoms with van der Waals surface area (Å²) in [7, 11) is 0. The van der Waals surface area contributed by atoms with Crippen molar-refractivity contribution in [2.75, 3.05) is 0 Å². The summed E-state index contributed by atoms with van der Waals surface area (Å²) in [6.07, 6.45) is 0.353. The molecule has 0 saturated carbocycles. The Hall–Kier alpha value is -1.33. The summed E-state index contributed by atoms with van der Waals surface area (Å²) in [4.78, 5) is 0. The van der Waals surface area contributed by atoms with E-state index in [-0.39, 0.29) is 0 Å². The zero-order valence-electron chi connectivity index (χ0n) is 12.6. The molecule has 1 atom stereocenters. The Kier molecular flexibility index (Phi) is 5.42. The first-order valence-corrected chi connectivity index (χ1v) is 8.00. The Bertz CT molecular complexity index is 608. The third-order valence-corrected chi connectivity index (χ3v) is 3.87. The molecule has 114 valence electrons. The number of aromatic nitrogens is 2. The van der Waals surface area contributed by atoms with Gasteiger partial charge in [0.1, 0.15) is 12.4 Å². The Morgan fingerprint density at radius 2 is 2.10 bits per heavy atom. The number of hydrogen-bond donors (Lipinski definition) is 1. The summed E-state index contributed by atoms with van der Waals surface area (Å²) in [6.45, 7) is 7.15. The third kappa shape index (κ3) is 3.86. The van der Waals surface area contributed by atoms with Crippen LogP contribution in [-0.2, 0) is 19.6 Å². The van der Waals surface area contributed by atoms with Crippen LogP contribution in [0.15, 0.2) is 28.7 Å². The molecular weight excluding hydrogens is 332 g/mol. The first kappa shape index (κ1) is 16.0. The topological polar surface area (TPSA) is 47.3 Å². The maximum Gasteiger partial charge on any atom is 0.130 e. The van der Waals surface area contributed by atoms with Crippen molar-refractivity contribution in [2.24, 2.45) is 0 Å². The summed E-state index contributed by atoms with van der Waals surface area (Å²) < 4.78 is 8.80. The Labute approximate surface area is 133 Å². The highest BCUT2D eigenvalue weighted by Crippen LogP contribution is 2.29. The largest absolute Gasteiger partial charge is 0.487 e. The highest BCUT2D eigenvalue weighted by atomic mass is 79.9. The van der Waals surface area contributed by atoms with Gasteiger partial charge in [-0.15, -0.1) is 0 Å². The number of hydrogen-bond acceptors (Lipinski definition) is 3. The van der Waals surface area contributed by atoms with Gasteiger partial charge in [-0.3, -0.25) is 4.68 Å². The number of benzene rings is 1. The maximum absolute atomic E-state index is 9.82. The van der Waals surface area contributed by atoms with Crippen molar-refractivity contribution in [3.63, 3.8) is 0 Å². The quantitative estimate of drug-likeness (QED) is 0.858. The predicted molar refractivity (Wildman–Crippen MR) is 86.4 cm³/mol. The number of aliphatic hydroxyl groups excluding tert-OH is 1. The lowest BCUT2D eigenvalue weighted by Crippen LogP contribution is -2.07. The van der Waals surface area contributed by atoms with Crippen molar-refractivity contribution in [1.29, 1.82) is 0 Å². The molecule has 2 rings (SSSR count). The highest BCUT2D eigenvalue weighted by molar-refractivity contribution is 9.10. The van der Waals surface area contributed by atoms with Crippen molar-refractivity contribution in [3.8, 4) is 5.75 Å². The molecule has 2 aromatic rings. The molecule has 1 aromatic carbocycles. The fourth-order valence-corrected chi connectivity index (χ4v) is 2.55. The molecule has 0 radical (unpaired) electrons. The second-order valence-electron chi connectivity index (χ2n) is 4.94. The zero-order valence-corrected chi connectivity index (χ0v) is 14.2. The van der Waals surface area contributed by atoms with Gasteiger partial charge in [-0.2, -0.15) is 5.10 Å². The van der Waals surface area contributed by atoms with Crippen molar-refractivity contribution >= 4 is 15.9 Å². The van der Waals surface area contributed by atoms with Crippen molar-refractivity contribution < 1.29 is 9.84 Å². The molecule has 0 aliphatic heterocycles. The summed E-state index contributed by atoms with van der Waals surface area (Å²) in [6, 6.07) is 7.73. The number of nitrogens with zero attached hydrogens (tertiary/aromatic N) is 2. The van der Waals surface area contributed by atoms with Crippen LogP contribution in [0.1, 0.15) is 43.8 Å². The summed E-state index contributed by atoms with van der Waals surface area (Å²) in [5, 5.41) is 14.3. The molecule has 5 heteroatoms. The van der Waals surface area contributed by atoms with Gasteiger partial charge in [-0.25, -0.2) is 0 Å². The zero-order chi connectivity index (χ0) is 15.4. The molecule has 1 heterocycles. The van der Waals surface area contributed by atoms with Crippen LogP contribution >= 0.6 is 15.9 Å². The van der Waals surface area contributed by atoms with Crippen LogP contribution in [-0.4, -0.2) is 14.9 Å². The molecule has 1 aromatic heterocycles. The van der Waals surface area contributed by atoms with E-state index < -0.39 is 6.10 Å². The molecule has 0 amide bonds. The minimum Gasteiger partial charge on any atom is -0.487 e. The van der Waals surface area contributed by atoms with Crippen LogP contribution in [0.2, 0.25) is 0 Å². The highest BCUT2D eigenvalue weighted by Gasteiger charge is 2.12. The Morgan fingerprint density at radius 1 is 1.33 bits per heavy atom. The monoisotopic (exact) mass is 352 g/mol. The van der Waals surface area contributed by atoms with E-state index in [1.807, 2.05) is 22.9 Å². The Morgan fingerprint density at radius 3 is 2.71 bits per heavy atom. The van der Waals surface area contributed by atoms with Gasteiger partial charge in [-0.1, -0.05) is 28.9 Å². The van der Waals surface area contributed by atoms with Gasteiger partial charge in [0.15, 0.2) is 0 Å². The molecule has 1 N–H and O–H groups in total. The molecule has 0 saturated heterocycles. The molecule has 0 bridgehead atoms. The van der Waals surface area contributed by atoms with Gasteiger partial charge in [0.2, 0.25) is 0 Å².